The molecule has 0 bridgehead atoms. The third kappa shape index (κ3) is 4.14. The molecule has 2 aliphatic rings. The fraction of sp³-hybridized carbons (Fsp3) is 0.375. The van der Waals surface area contributed by atoms with Gasteiger partial charge in [0.1, 0.15) is 0 Å². The topological polar surface area (TPSA) is 23.6 Å². The molecule has 1 atom stereocenters. The number of carbonyl (C=O) groups is 1. The number of carbonyl (C=O) groups excluding carboxylic acids is 1. The average molecular weight is 361 g/mol. The highest BCUT2D eigenvalue weighted by atomic mass is 16.2. The molecule has 1 amide bonds. The Labute approximate surface area is 162 Å². The van der Waals surface area contributed by atoms with Crippen molar-refractivity contribution < 1.29 is 4.79 Å². The van der Waals surface area contributed by atoms with Crippen LogP contribution in [0.2, 0.25) is 0 Å². The highest BCUT2D eigenvalue weighted by Crippen LogP contribution is 2.30. The Morgan fingerprint density at radius 3 is 1.93 bits per heavy atom. The van der Waals surface area contributed by atoms with Crippen molar-refractivity contribution in [1.29, 1.82) is 0 Å². The van der Waals surface area contributed by atoms with Crippen molar-refractivity contribution in [2.24, 2.45) is 5.92 Å². The second kappa shape index (κ2) is 8.53. The monoisotopic (exact) mass is 360 g/mol. The predicted molar refractivity (Wildman–Crippen MR) is 109 cm³/mol. The van der Waals surface area contributed by atoms with E-state index in [0.29, 0.717) is 5.91 Å². The van der Waals surface area contributed by atoms with E-state index >= 15 is 0 Å². The first-order valence-corrected chi connectivity index (χ1v) is 10.1. The molecule has 0 radical (unpaired) electrons. The maximum absolute atomic E-state index is 12.8. The molecule has 1 saturated heterocycles. The zero-order valence-corrected chi connectivity index (χ0v) is 15.8. The summed E-state index contributed by atoms with van der Waals surface area (Å²) in [5, 5.41) is 0. The lowest BCUT2D eigenvalue weighted by atomic mass is 9.92. The maximum Gasteiger partial charge on any atom is 0.226 e. The Bertz CT molecular complexity index is 724. The second-order valence-electron chi connectivity index (χ2n) is 7.57. The van der Waals surface area contributed by atoms with Gasteiger partial charge in [-0.1, -0.05) is 72.8 Å². The molecule has 1 aliphatic heterocycles. The Morgan fingerprint density at radius 1 is 0.815 bits per heavy atom. The van der Waals surface area contributed by atoms with Gasteiger partial charge >= 0.3 is 0 Å². The van der Waals surface area contributed by atoms with Crippen molar-refractivity contribution in [3.63, 3.8) is 0 Å². The molecule has 0 aromatic heterocycles. The Morgan fingerprint density at radius 2 is 1.41 bits per heavy atom. The number of hydrogen-bond acceptors (Lipinski definition) is 2. The lowest BCUT2D eigenvalue weighted by Gasteiger charge is -2.40. The number of allylic oxidation sites excluding steroid dienone is 2. The zero-order valence-electron chi connectivity index (χ0n) is 15.8. The molecule has 1 fully saturated rings. The van der Waals surface area contributed by atoms with Gasteiger partial charge in [-0.25, -0.2) is 0 Å². The predicted octanol–water partition coefficient (Wildman–Crippen LogP) is 4.28. The first kappa shape index (κ1) is 18.0. The van der Waals surface area contributed by atoms with E-state index in [-0.39, 0.29) is 12.0 Å². The first-order valence-electron chi connectivity index (χ1n) is 10.1. The van der Waals surface area contributed by atoms with Crippen LogP contribution < -0.4 is 0 Å². The van der Waals surface area contributed by atoms with Gasteiger partial charge in [0, 0.05) is 32.1 Å². The smallest absolute Gasteiger partial charge is 0.226 e. The first-order chi connectivity index (χ1) is 13.3. The summed E-state index contributed by atoms with van der Waals surface area (Å²) in [7, 11) is 0. The van der Waals surface area contributed by atoms with Gasteiger partial charge in [-0.3, -0.25) is 9.69 Å². The van der Waals surface area contributed by atoms with Crippen LogP contribution in [0.25, 0.3) is 0 Å². The van der Waals surface area contributed by atoms with Gasteiger partial charge in [-0.2, -0.15) is 0 Å². The molecule has 0 spiro atoms. The van der Waals surface area contributed by atoms with Gasteiger partial charge in [0.05, 0.1) is 6.04 Å². The number of piperazine rings is 1. The van der Waals surface area contributed by atoms with Crippen molar-refractivity contribution in [1.82, 2.24) is 9.80 Å². The van der Waals surface area contributed by atoms with Crippen LogP contribution in [0.4, 0.5) is 0 Å². The van der Waals surface area contributed by atoms with Crippen LogP contribution in [0.1, 0.15) is 36.4 Å². The molecule has 3 heteroatoms. The van der Waals surface area contributed by atoms with Gasteiger partial charge in [-0.05, 0) is 30.4 Å². The number of hydrogen-bond donors (Lipinski definition) is 0. The van der Waals surface area contributed by atoms with Gasteiger partial charge in [0.25, 0.3) is 0 Å². The SMILES string of the molecule is O=C(C1CC=CCC1)N1CCN(C(c2ccccc2)c2ccccc2)CC1. The molecule has 0 saturated carbocycles. The standard InChI is InChI=1S/C24H28N2O/c27-24(22-14-8-3-9-15-22)26-18-16-25(17-19-26)23(20-10-4-1-5-11-20)21-12-6-2-7-13-21/h1-8,10-13,22-23H,9,14-19H2. The molecule has 140 valence electrons. The van der Waals surface area contributed by atoms with E-state index < -0.39 is 0 Å². The van der Waals surface area contributed by atoms with Crippen molar-refractivity contribution in [3.05, 3.63) is 83.9 Å². The van der Waals surface area contributed by atoms with Crippen LogP contribution >= 0.6 is 0 Å². The fourth-order valence-electron chi connectivity index (χ4n) is 4.36. The summed E-state index contributed by atoms with van der Waals surface area (Å²) in [6.07, 6.45) is 7.33. The van der Waals surface area contributed by atoms with E-state index in [9.17, 15) is 4.79 Å². The zero-order chi connectivity index (χ0) is 18.5. The molecule has 1 unspecified atom stereocenters. The third-order valence-corrected chi connectivity index (χ3v) is 5.84. The van der Waals surface area contributed by atoms with Gasteiger partial charge < -0.3 is 4.90 Å². The molecule has 2 aromatic rings. The van der Waals surface area contributed by atoms with E-state index in [0.717, 1.165) is 45.4 Å². The molecule has 1 aliphatic carbocycles. The van der Waals surface area contributed by atoms with Crippen LogP contribution in [-0.2, 0) is 4.79 Å². The molecule has 4 rings (SSSR count). The highest BCUT2D eigenvalue weighted by molar-refractivity contribution is 5.79. The fourth-order valence-corrected chi connectivity index (χ4v) is 4.36. The molecule has 1 heterocycles. The second-order valence-corrected chi connectivity index (χ2v) is 7.57. The Kier molecular flexibility index (Phi) is 5.69. The van der Waals surface area contributed by atoms with Crippen LogP contribution in [0, 0.1) is 5.92 Å². The van der Waals surface area contributed by atoms with Crippen molar-refractivity contribution in [3.8, 4) is 0 Å². The lowest BCUT2D eigenvalue weighted by Crippen LogP contribution is -2.51. The molecule has 0 N–H and O–H groups in total. The van der Waals surface area contributed by atoms with Gasteiger partial charge in [0.2, 0.25) is 5.91 Å². The van der Waals surface area contributed by atoms with Crippen molar-refractivity contribution in [2.45, 2.75) is 25.3 Å². The van der Waals surface area contributed by atoms with Crippen LogP contribution in [-0.4, -0.2) is 41.9 Å². The number of benzene rings is 2. The molecule has 27 heavy (non-hydrogen) atoms. The van der Waals surface area contributed by atoms with E-state index in [4.69, 9.17) is 0 Å². The summed E-state index contributed by atoms with van der Waals surface area (Å²) in [5.74, 6) is 0.551. The quantitative estimate of drug-likeness (QED) is 0.760. The van der Waals surface area contributed by atoms with Crippen molar-refractivity contribution >= 4 is 5.91 Å². The lowest BCUT2D eigenvalue weighted by molar-refractivity contribution is -0.137. The van der Waals surface area contributed by atoms with E-state index in [1.165, 1.54) is 11.1 Å². The van der Waals surface area contributed by atoms with Gasteiger partial charge in [-0.15, -0.1) is 0 Å². The summed E-state index contributed by atoms with van der Waals surface area (Å²) >= 11 is 0. The highest BCUT2D eigenvalue weighted by Gasteiger charge is 2.30. The summed E-state index contributed by atoms with van der Waals surface area (Å²) in [4.78, 5) is 17.5. The minimum Gasteiger partial charge on any atom is -0.340 e. The minimum absolute atomic E-state index is 0.195. The van der Waals surface area contributed by atoms with E-state index in [1.54, 1.807) is 0 Å². The summed E-state index contributed by atoms with van der Waals surface area (Å²) in [6.45, 7) is 3.50. The number of nitrogens with zero attached hydrogens (tertiary/aromatic N) is 2. The molecular formula is C24H28N2O. The van der Waals surface area contributed by atoms with Crippen LogP contribution in [0.5, 0.6) is 0 Å². The number of rotatable bonds is 4. The molecular weight excluding hydrogens is 332 g/mol. The molecule has 3 nitrogen and oxygen atoms in total. The molecule has 2 aromatic carbocycles. The van der Waals surface area contributed by atoms with E-state index in [1.807, 2.05) is 0 Å². The average Bonchev–Trinajstić information content (AvgIpc) is 2.76. The maximum atomic E-state index is 12.8. The summed E-state index contributed by atoms with van der Waals surface area (Å²) in [6, 6.07) is 21.7. The van der Waals surface area contributed by atoms with Gasteiger partial charge in [0.15, 0.2) is 0 Å². The Balaban J connectivity index is 1.47. The summed E-state index contributed by atoms with van der Waals surface area (Å²) < 4.78 is 0. The Hall–Kier alpha value is -2.39. The minimum atomic E-state index is 0.195. The summed E-state index contributed by atoms with van der Waals surface area (Å²) in [5.41, 5.74) is 2.64. The largest absolute Gasteiger partial charge is 0.340 e. The number of amides is 1. The van der Waals surface area contributed by atoms with Crippen molar-refractivity contribution in [2.75, 3.05) is 26.2 Å². The third-order valence-electron chi connectivity index (χ3n) is 5.84. The van der Waals surface area contributed by atoms with E-state index in [2.05, 4.69) is 82.6 Å². The van der Waals surface area contributed by atoms with Crippen LogP contribution in [0.15, 0.2) is 72.8 Å². The van der Waals surface area contributed by atoms with Crippen LogP contribution in [0.3, 0.4) is 0 Å². The normalized spacial score (nSPS) is 20.8.